The Labute approximate surface area is 220 Å². The van der Waals surface area contributed by atoms with Gasteiger partial charge in [-0.25, -0.2) is 4.39 Å². The van der Waals surface area contributed by atoms with Crippen molar-refractivity contribution in [2.45, 2.75) is 62.6 Å². The van der Waals surface area contributed by atoms with Crippen LogP contribution in [0, 0.1) is 23.1 Å². The summed E-state index contributed by atoms with van der Waals surface area (Å²) in [6.07, 6.45) is 5.75. The topological polar surface area (TPSA) is 112 Å². The summed E-state index contributed by atoms with van der Waals surface area (Å²) in [6.45, 7) is 2.19. The molecule has 9 heteroatoms. The molecule has 0 aromatic heterocycles. The quantitative estimate of drug-likeness (QED) is 0.604. The number of piperidine rings is 2. The molecule has 2 aromatic carbocycles. The first kappa shape index (κ1) is 24.6. The number of hydrogen-bond donors (Lipinski definition) is 2. The number of nitrogens with zero attached hydrogens (tertiary/aromatic N) is 2. The number of hydrogen-bond acceptors (Lipinski definition) is 6. The largest absolute Gasteiger partial charge is 0.490 e. The van der Waals surface area contributed by atoms with Crippen molar-refractivity contribution in [1.82, 2.24) is 15.5 Å². The Kier molecular flexibility index (Phi) is 6.15. The van der Waals surface area contributed by atoms with Gasteiger partial charge in [-0.1, -0.05) is 6.07 Å². The number of imide groups is 1. The van der Waals surface area contributed by atoms with Crippen LogP contribution in [0.3, 0.4) is 0 Å². The first-order chi connectivity index (χ1) is 18.4. The van der Waals surface area contributed by atoms with Crippen LogP contribution in [0.1, 0.15) is 71.5 Å². The number of amides is 3. The Morgan fingerprint density at radius 3 is 2.45 bits per heavy atom. The van der Waals surface area contributed by atoms with E-state index in [2.05, 4.69) is 10.6 Å². The van der Waals surface area contributed by atoms with Gasteiger partial charge in [0.2, 0.25) is 5.91 Å². The van der Waals surface area contributed by atoms with E-state index in [0.29, 0.717) is 36.4 Å². The van der Waals surface area contributed by atoms with Crippen LogP contribution in [0.25, 0.3) is 0 Å². The highest BCUT2D eigenvalue weighted by Gasteiger charge is 2.62. The zero-order valence-corrected chi connectivity index (χ0v) is 21.0. The Morgan fingerprint density at radius 2 is 1.79 bits per heavy atom. The van der Waals surface area contributed by atoms with Gasteiger partial charge in [-0.2, -0.15) is 5.26 Å². The molecule has 0 radical (unpaired) electrons. The van der Waals surface area contributed by atoms with Crippen molar-refractivity contribution in [2.24, 2.45) is 5.92 Å². The van der Waals surface area contributed by atoms with Crippen molar-refractivity contribution in [2.75, 3.05) is 13.1 Å². The van der Waals surface area contributed by atoms with E-state index in [1.54, 1.807) is 17.0 Å². The van der Waals surface area contributed by atoms with Gasteiger partial charge in [0.15, 0.2) is 0 Å². The lowest BCUT2D eigenvalue weighted by Crippen LogP contribution is -2.73. The molecule has 8 nitrogen and oxygen atoms in total. The number of halogens is 1. The molecule has 2 N–H and O–H groups in total. The van der Waals surface area contributed by atoms with E-state index in [1.807, 2.05) is 18.2 Å². The first-order valence-corrected chi connectivity index (χ1v) is 13.2. The van der Waals surface area contributed by atoms with E-state index in [0.717, 1.165) is 42.8 Å². The zero-order chi connectivity index (χ0) is 26.4. The second-order valence-electron chi connectivity index (χ2n) is 10.9. The normalized spacial score (nSPS) is 25.9. The molecule has 2 bridgehead atoms. The molecule has 3 saturated heterocycles. The number of carbonyl (C=O) groups is 3. The number of nitrogens with one attached hydrogen (secondary N) is 2. The van der Waals surface area contributed by atoms with Crippen molar-refractivity contribution in [3.8, 4) is 11.8 Å². The summed E-state index contributed by atoms with van der Waals surface area (Å²) in [6, 6.07) is 12.0. The van der Waals surface area contributed by atoms with Crippen LogP contribution in [0.5, 0.6) is 5.75 Å². The fourth-order valence-electron chi connectivity index (χ4n) is 6.20. The number of benzene rings is 2. The maximum Gasteiger partial charge on any atom is 0.255 e. The van der Waals surface area contributed by atoms with E-state index in [4.69, 9.17) is 10.00 Å². The second kappa shape index (κ2) is 9.52. The SMILES string of the molecule is N#Cc1cc(F)ccc1C1CNC1.O=C1NC(=O)C2(N3Cc4cc(OC5CCCC5)ccc4C3=O)CC1C2. The molecule has 2 aliphatic carbocycles. The predicted octanol–water partition coefficient (Wildman–Crippen LogP) is 3.15. The van der Waals surface area contributed by atoms with Crippen LogP contribution < -0.4 is 15.4 Å². The summed E-state index contributed by atoms with van der Waals surface area (Å²) < 4.78 is 18.8. The molecule has 0 spiro atoms. The molecule has 2 saturated carbocycles. The van der Waals surface area contributed by atoms with Crippen LogP contribution in [0.4, 0.5) is 4.39 Å². The lowest BCUT2D eigenvalue weighted by Gasteiger charge is -2.53. The van der Waals surface area contributed by atoms with E-state index in [1.165, 1.54) is 25.0 Å². The van der Waals surface area contributed by atoms with Crippen molar-refractivity contribution in [3.63, 3.8) is 0 Å². The van der Waals surface area contributed by atoms with E-state index >= 15 is 0 Å². The monoisotopic (exact) mass is 516 g/mol. The molecule has 3 amide bonds. The third-order valence-electron chi connectivity index (χ3n) is 8.56. The van der Waals surface area contributed by atoms with Crippen molar-refractivity contribution in [3.05, 3.63) is 64.5 Å². The maximum atomic E-state index is 12.8. The van der Waals surface area contributed by atoms with Gasteiger partial charge >= 0.3 is 0 Å². The van der Waals surface area contributed by atoms with Crippen molar-refractivity contribution < 1.29 is 23.5 Å². The van der Waals surface area contributed by atoms with Gasteiger partial charge in [0.25, 0.3) is 11.8 Å². The van der Waals surface area contributed by atoms with Gasteiger partial charge in [0.1, 0.15) is 17.1 Å². The number of ether oxygens (including phenoxy) is 1. The molecule has 196 valence electrons. The minimum absolute atomic E-state index is 0.120. The van der Waals surface area contributed by atoms with Gasteiger partial charge in [-0.05, 0) is 80.0 Å². The second-order valence-corrected chi connectivity index (χ2v) is 10.9. The smallest absolute Gasteiger partial charge is 0.255 e. The summed E-state index contributed by atoms with van der Waals surface area (Å²) in [5.74, 6) is 0.0445. The van der Waals surface area contributed by atoms with Crippen LogP contribution in [0.15, 0.2) is 36.4 Å². The maximum absolute atomic E-state index is 12.8. The Hall–Kier alpha value is -3.77. The fraction of sp³-hybridized carbons (Fsp3) is 0.448. The van der Waals surface area contributed by atoms with Gasteiger partial charge in [0, 0.05) is 37.0 Å². The van der Waals surface area contributed by atoms with E-state index in [-0.39, 0.29) is 35.6 Å². The summed E-state index contributed by atoms with van der Waals surface area (Å²) in [5.41, 5.74) is 2.12. The predicted molar refractivity (Wildman–Crippen MR) is 135 cm³/mol. The van der Waals surface area contributed by atoms with Crippen molar-refractivity contribution >= 4 is 17.7 Å². The number of fused-ring (bicyclic) bond motifs is 3. The fourth-order valence-corrected chi connectivity index (χ4v) is 6.20. The third-order valence-corrected chi connectivity index (χ3v) is 8.56. The van der Waals surface area contributed by atoms with Crippen LogP contribution >= 0.6 is 0 Å². The molecule has 2 aromatic rings. The van der Waals surface area contributed by atoms with Gasteiger partial charge in [0.05, 0.1) is 17.7 Å². The number of rotatable bonds is 4. The van der Waals surface area contributed by atoms with Crippen LogP contribution in [0.2, 0.25) is 0 Å². The molecule has 0 unspecified atom stereocenters. The van der Waals surface area contributed by atoms with Gasteiger partial charge in [-0.3, -0.25) is 19.7 Å². The average molecular weight is 517 g/mol. The molecule has 38 heavy (non-hydrogen) atoms. The minimum Gasteiger partial charge on any atom is -0.490 e. The number of carbonyl (C=O) groups excluding carboxylic acids is 3. The Morgan fingerprint density at radius 1 is 1.03 bits per heavy atom. The Bertz CT molecular complexity index is 1350. The summed E-state index contributed by atoms with van der Waals surface area (Å²) >= 11 is 0. The molecule has 6 aliphatic rings. The Balaban J connectivity index is 0.000000171. The summed E-state index contributed by atoms with van der Waals surface area (Å²) in [4.78, 5) is 38.5. The van der Waals surface area contributed by atoms with Gasteiger partial charge < -0.3 is 15.0 Å². The minimum atomic E-state index is -0.846. The van der Waals surface area contributed by atoms with E-state index < -0.39 is 5.54 Å². The van der Waals surface area contributed by atoms with E-state index in [9.17, 15) is 18.8 Å². The molecule has 4 aliphatic heterocycles. The highest BCUT2D eigenvalue weighted by molar-refractivity contribution is 6.10. The van der Waals surface area contributed by atoms with Crippen LogP contribution in [-0.2, 0) is 16.1 Å². The van der Waals surface area contributed by atoms with Crippen LogP contribution in [-0.4, -0.2) is 47.4 Å². The highest BCUT2D eigenvalue weighted by atomic mass is 19.1. The van der Waals surface area contributed by atoms with Crippen molar-refractivity contribution in [1.29, 1.82) is 5.26 Å². The highest BCUT2D eigenvalue weighted by Crippen LogP contribution is 2.49. The lowest BCUT2D eigenvalue weighted by atomic mass is 9.63. The average Bonchev–Trinajstić information content (AvgIpc) is 3.46. The standard InChI is InChI=1S/C19H20N2O4.C10H9FN2/c22-16-12-8-19(9-12,18(24)20-16)21-10-11-7-14(5-6-15(11)17(21)23)25-13-3-1-2-4-13;11-9-1-2-10(7(3-9)4-12)8-5-13-6-8/h5-7,12-13H,1-4,8-10H2,(H,20,22,24);1-3,8,13H,5-6H2. The molecule has 8 rings (SSSR count). The lowest BCUT2D eigenvalue weighted by molar-refractivity contribution is -0.160. The zero-order valence-electron chi connectivity index (χ0n) is 21.0. The first-order valence-electron chi connectivity index (χ1n) is 13.2. The molecular weight excluding hydrogens is 487 g/mol. The molecule has 0 atom stereocenters. The van der Waals surface area contributed by atoms with Gasteiger partial charge in [-0.15, -0.1) is 0 Å². The molecule has 4 heterocycles. The third kappa shape index (κ3) is 4.13. The number of nitriles is 1. The molecular formula is C29H29FN4O4. The summed E-state index contributed by atoms with van der Waals surface area (Å²) in [7, 11) is 0. The summed E-state index contributed by atoms with van der Waals surface area (Å²) in [5, 5.41) is 14.3. The molecule has 5 fully saturated rings.